The fourth-order valence-corrected chi connectivity index (χ4v) is 4.09. The van der Waals surface area contributed by atoms with Gasteiger partial charge in [-0.05, 0) is 40.9 Å². The number of hydrogen-bond acceptors (Lipinski definition) is 3. The molecule has 0 saturated heterocycles. The molecule has 0 radical (unpaired) electrons. The van der Waals surface area contributed by atoms with E-state index in [0.29, 0.717) is 17.5 Å². The molecule has 1 N–H and O–H groups in total. The highest BCUT2D eigenvalue weighted by Crippen LogP contribution is 2.45. The number of aromatic nitrogens is 1. The number of hydrogen-bond donors (Lipinski definition) is 1. The summed E-state index contributed by atoms with van der Waals surface area (Å²) in [5, 5.41) is 4.22. The molecule has 21 heavy (non-hydrogen) atoms. The van der Waals surface area contributed by atoms with E-state index in [1.54, 1.807) is 17.4 Å². The van der Waals surface area contributed by atoms with Crippen LogP contribution in [0.15, 0.2) is 22.7 Å². The van der Waals surface area contributed by atoms with E-state index in [1.807, 2.05) is 6.07 Å². The monoisotopic (exact) mass is 368 g/mol. The Morgan fingerprint density at radius 1 is 1.43 bits per heavy atom. The van der Waals surface area contributed by atoms with Crippen molar-refractivity contribution in [1.82, 2.24) is 10.3 Å². The highest BCUT2D eigenvalue weighted by atomic mass is 79.9. The van der Waals surface area contributed by atoms with Crippen LogP contribution in [0.25, 0.3) is 10.6 Å². The number of halogens is 2. The van der Waals surface area contributed by atoms with Crippen LogP contribution in [0, 0.1) is 5.82 Å². The van der Waals surface area contributed by atoms with Gasteiger partial charge < -0.3 is 5.32 Å². The second kappa shape index (κ2) is 6.15. The molecule has 1 fully saturated rings. The molecule has 2 aromatic rings. The standard InChI is InChI=1S/C16H18BrFN2S/c1-9(2)19-8-13-15(10-6-7-10)20-16(21-13)14-11(17)4-3-5-12(14)18/h3-5,9-10,19H,6-8H2,1-2H3. The normalized spacial score (nSPS) is 14.9. The number of thiazole rings is 1. The van der Waals surface area contributed by atoms with Crippen LogP contribution in [0.2, 0.25) is 0 Å². The van der Waals surface area contributed by atoms with Gasteiger partial charge in [0.05, 0.1) is 11.3 Å². The molecule has 0 atom stereocenters. The second-order valence-electron chi connectivity index (χ2n) is 5.73. The third kappa shape index (κ3) is 3.35. The smallest absolute Gasteiger partial charge is 0.134 e. The van der Waals surface area contributed by atoms with Gasteiger partial charge in [-0.15, -0.1) is 11.3 Å². The van der Waals surface area contributed by atoms with Gasteiger partial charge in [-0.25, -0.2) is 9.37 Å². The Kier molecular flexibility index (Phi) is 4.43. The van der Waals surface area contributed by atoms with Crippen molar-refractivity contribution in [1.29, 1.82) is 0 Å². The summed E-state index contributed by atoms with van der Waals surface area (Å²) >= 11 is 5.05. The van der Waals surface area contributed by atoms with Crippen LogP contribution in [0.4, 0.5) is 4.39 Å². The van der Waals surface area contributed by atoms with Crippen molar-refractivity contribution in [2.75, 3.05) is 0 Å². The maximum Gasteiger partial charge on any atom is 0.134 e. The molecule has 1 aliphatic rings. The van der Waals surface area contributed by atoms with Crippen LogP contribution in [-0.2, 0) is 6.54 Å². The fraction of sp³-hybridized carbons (Fsp3) is 0.438. The first-order valence-corrected chi connectivity index (χ1v) is 8.84. The SMILES string of the molecule is CC(C)NCc1sc(-c2c(F)cccc2Br)nc1C1CC1. The van der Waals surface area contributed by atoms with Gasteiger partial charge in [-0.2, -0.15) is 0 Å². The Hall–Kier alpha value is -0.780. The zero-order chi connectivity index (χ0) is 15.0. The predicted molar refractivity (Wildman–Crippen MR) is 89.2 cm³/mol. The van der Waals surface area contributed by atoms with Crippen molar-refractivity contribution in [2.45, 2.75) is 45.2 Å². The molecule has 1 aromatic heterocycles. The van der Waals surface area contributed by atoms with Crippen LogP contribution in [-0.4, -0.2) is 11.0 Å². The minimum Gasteiger partial charge on any atom is -0.310 e. The van der Waals surface area contributed by atoms with E-state index >= 15 is 0 Å². The first kappa shape index (κ1) is 15.1. The Balaban J connectivity index is 1.98. The average molecular weight is 369 g/mol. The lowest BCUT2D eigenvalue weighted by atomic mass is 10.2. The van der Waals surface area contributed by atoms with Crippen molar-refractivity contribution in [3.63, 3.8) is 0 Å². The molecule has 3 rings (SSSR count). The van der Waals surface area contributed by atoms with Crippen LogP contribution in [0.1, 0.15) is 43.2 Å². The first-order valence-electron chi connectivity index (χ1n) is 7.23. The summed E-state index contributed by atoms with van der Waals surface area (Å²) in [6, 6.07) is 5.50. The van der Waals surface area contributed by atoms with Gasteiger partial charge >= 0.3 is 0 Å². The quantitative estimate of drug-likeness (QED) is 0.794. The topological polar surface area (TPSA) is 24.9 Å². The molecule has 0 spiro atoms. The Bertz CT molecular complexity index is 629. The van der Waals surface area contributed by atoms with Gasteiger partial charge in [0.1, 0.15) is 10.8 Å². The summed E-state index contributed by atoms with van der Waals surface area (Å²) in [4.78, 5) is 6.00. The lowest BCUT2D eigenvalue weighted by Crippen LogP contribution is -2.21. The Labute approximate surface area is 136 Å². The lowest BCUT2D eigenvalue weighted by molar-refractivity contribution is 0.590. The largest absolute Gasteiger partial charge is 0.310 e. The van der Waals surface area contributed by atoms with Gasteiger partial charge in [0.25, 0.3) is 0 Å². The second-order valence-corrected chi connectivity index (χ2v) is 7.67. The Morgan fingerprint density at radius 2 is 2.19 bits per heavy atom. The van der Waals surface area contributed by atoms with Gasteiger partial charge in [-0.3, -0.25) is 0 Å². The molecule has 1 saturated carbocycles. The minimum atomic E-state index is -0.219. The molecular formula is C16H18BrFN2S. The molecular weight excluding hydrogens is 351 g/mol. The van der Waals surface area contributed by atoms with E-state index < -0.39 is 0 Å². The van der Waals surface area contributed by atoms with E-state index in [9.17, 15) is 4.39 Å². The first-order chi connectivity index (χ1) is 10.1. The molecule has 1 aliphatic carbocycles. The fourth-order valence-electron chi connectivity index (χ4n) is 2.27. The number of nitrogens with one attached hydrogen (secondary N) is 1. The predicted octanol–water partition coefficient (Wildman–Crippen LogP) is 5.09. The van der Waals surface area contributed by atoms with Crippen molar-refractivity contribution in [2.24, 2.45) is 0 Å². The minimum absolute atomic E-state index is 0.219. The number of rotatable bonds is 5. The van der Waals surface area contributed by atoms with E-state index in [1.165, 1.54) is 29.5 Å². The Morgan fingerprint density at radius 3 is 2.81 bits per heavy atom. The van der Waals surface area contributed by atoms with E-state index in [2.05, 4.69) is 35.1 Å². The molecule has 2 nitrogen and oxygen atoms in total. The molecule has 0 unspecified atom stereocenters. The van der Waals surface area contributed by atoms with Crippen molar-refractivity contribution in [3.05, 3.63) is 39.1 Å². The van der Waals surface area contributed by atoms with Crippen LogP contribution < -0.4 is 5.32 Å². The summed E-state index contributed by atoms with van der Waals surface area (Å²) < 4.78 is 14.9. The van der Waals surface area contributed by atoms with E-state index in [0.717, 1.165) is 16.0 Å². The van der Waals surface area contributed by atoms with Crippen molar-refractivity contribution in [3.8, 4) is 10.6 Å². The molecule has 1 aromatic carbocycles. The molecule has 0 aliphatic heterocycles. The molecule has 1 heterocycles. The lowest BCUT2D eigenvalue weighted by Gasteiger charge is -2.07. The number of nitrogens with zero attached hydrogens (tertiary/aromatic N) is 1. The molecule has 0 amide bonds. The van der Waals surface area contributed by atoms with Crippen LogP contribution in [0.3, 0.4) is 0 Å². The van der Waals surface area contributed by atoms with Gasteiger partial charge in [-0.1, -0.05) is 19.9 Å². The van der Waals surface area contributed by atoms with E-state index in [4.69, 9.17) is 4.98 Å². The van der Waals surface area contributed by atoms with Crippen LogP contribution >= 0.6 is 27.3 Å². The zero-order valence-electron chi connectivity index (χ0n) is 12.1. The van der Waals surface area contributed by atoms with E-state index in [-0.39, 0.29) is 5.82 Å². The third-order valence-corrected chi connectivity index (χ3v) is 5.29. The highest BCUT2D eigenvalue weighted by molar-refractivity contribution is 9.10. The third-order valence-electron chi connectivity index (χ3n) is 3.54. The average Bonchev–Trinajstić information content (AvgIpc) is 3.18. The summed E-state index contributed by atoms with van der Waals surface area (Å²) in [5.41, 5.74) is 1.75. The van der Waals surface area contributed by atoms with Gasteiger partial charge in [0.2, 0.25) is 0 Å². The molecule has 0 bridgehead atoms. The van der Waals surface area contributed by atoms with Gasteiger partial charge in [0, 0.05) is 27.9 Å². The maximum atomic E-state index is 14.1. The number of benzene rings is 1. The summed E-state index contributed by atoms with van der Waals surface area (Å²) in [5.74, 6) is 0.355. The summed E-state index contributed by atoms with van der Waals surface area (Å²) in [7, 11) is 0. The molecule has 112 valence electrons. The summed E-state index contributed by atoms with van der Waals surface area (Å²) in [6.07, 6.45) is 2.41. The highest BCUT2D eigenvalue weighted by Gasteiger charge is 2.30. The summed E-state index contributed by atoms with van der Waals surface area (Å²) in [6.45, 7) is 5.08. The maximum absolute atomic E-state index is 14.1. The van der Waals surface area contributed by atoms with Gasteiger partial charge in [0.15, 0.2) is 0 Å². The zero-order valence-corrected chi connectivity index (χ0v) is 14.5. The van der Waals surface area contributed by atoms with Crippen molar-refractivity contribution >= 4 is 27.3 Å². The van der Waals surface area contributed by atoms with Crippen molar-refractivity contribution < 1.29 is 4.39 Å². The van der Waals surface area contributed by atoms with Crippen LogP contribution in [0.5, 0.6) is 0 Å². The molecule has 5 heteroatoms.